The molecule has 0 atom stereocenters. The normalized spacial score (nSPS) is 11.1. The Morgan fingerprint density at radius 3 is 1.88 bits per heavy atom. The number of halogens is 2. The van der Waals surface area contributed by atoms with Gasteiger partial charge in [-0.05, 0) is 54.1 Å². The molecule has 1 N–H and O–H groups in total. The Hall–Kier alpha value is -4.04. The molecule has 4 aromatic rings. The fourth-order valence-corrected chi connectivity index (χ4v) is 4.83. The highest BCUT2D eigenvalue weighted by atomic mass is 32.2. The summed E-state index contributed by atoms with van der Waals surface area (Å²) in [5.74, 6) is -2.45. The van der Waals surface area contributed by atoms with Crippen LogP contribution in [0.2, 0.25) is 0 Å². The number of hydrogen-bond donors (Lipinski definition) is 1. The molecule has 0 heterocycles. The van der Waals surface area contributed by atoms with Gasteiger partial charge < -0.3 is 5.32 Å². The first-order valence-electron chi connectivity index (χ1n) is 10.3. The molecular formula is C26H20F2N2O3S. The number of amides is 1. The van der Waals surface area contributed by atoms with Gasteiger partial charge in [-0.15, -0.1) is 0 Å². The van der Waals surface area contributed by atoms with Crippen LogP contribution in [-0.2, 0) is 16.6 Å². The van der Waals surface area contributed by atoms with Gasteiger partial charge in [-0.1, -0.05) is 54.6 Å². The maximum absolute atomic E-state index is 13.8. The summed E-state index contributed by atoms with van der Waals surface area (Å²) in [6.45, 7) is 0.0189. The van der Waals surface area contributed by atoms with E-state index in [4.69, 9.17) is 0 Å². The number of carbonyl (C=O) groups is 1. The van der Waals surface area contributed by atoms with Crippen LogP contribution in [0.5, 0.6) is 0 Å². The molecule has 4 rings (SSSR count). The predicted octanol–water partition coefficient (Wildman–Crippen LogP) is 5.61. The van der Waals surface area contributed by atoms with Crippen LogP contribution in [0, 0.1) is 11.6 Å². The fraction of sp³-hybridized carbons (Fsp3) is 0.0385. The van der Waals surface area contributed by atoms with E-state index in [0.717, 1.165) is 12.1 Å². The minimum Gasteiger partial charge on any atom is -0.317 e. The van der Waals surface area contributed by atoms with Crippen LogP contribution in [0.25, 0.3) is 0 Å². The van der Waals surface area contributed by atoms with Gasteiger partial charge in [0.25, 0.3) is 15.9 Å². The van der Waals surface area contributed by atoms with Gasteiger partial charge in [-0.3, -0.25) is 9.10 Å². The summed E-state index contributed by atoms with van der Waals surface area (Å²) in [6, 6.07) is 26.2. The highest BCUT2D eigenvalue weighted by molar-refractivity contribution is 7.92. The molecule has 0 aliphatic rings. The molecule has 0 spiro atoms. The summed E-state index contributed by atoms with van der Waals surface area (Å²) < 4.78 is 55.7. The topological polar surface area (TPSA) is 66.5 Å². The Kier molecular flexibility index (Phi) is 6.70. The second-order valence-electron chi connectivity index (χ2n) is 7.41. The number of nitrogens with zero attached hydrogens (tertiary/aromatic N) is 1. The molecular weight excluding hydrogens is 458 g/mol. The number of rotatable bonds is 7. The fourth-order valence-electron chi connectivity index (χ4n) is 3.36. The first-order chi connectivity index (χ1) is 16.4. The number of benzene rings is 4. The van der Waals surface area contributed by atoms with Crippen molar-refractivity contribution >= 4 is 27.3 Å². The molecule has 172 valence electrons. The summed E-state index contributed by atoms with van der Waals surface area (Å²) >= 11 is 0. The summed E-state index contributed by atoms with van der Waals surface area (Å²) in [6.07, 6.45) is 0. The van der Waals surface area contributed by atoms with Crippen LogP contribution in [-0.4, -0.2) is 14.3 Å². The van der Waals surface area contributed by atoms with Crippen LogP contribution in [0.15, 0.2) is 108 Å². The van der Waals surface area contributed by atoms with Gasteiger partial charge in [0, 0.05) is 5.56 Å². The Morgan fingerprint density at radius 1 is 0.735 bits per heavy atom. The van der Waals surface area contributed by atoms with Crippen molar-refractivity contribution in [3.05, 3.63) is 126 Å². The molecule has 1 amide bonds. The molecule has 0 saturated carbocycles. The molecule has 8 heteroatoms. The van der Waals surface area contributed by atoms with Crippen molar-refractivity contribution in [1.82, 2.24) is 0 Å². The van der Waals surface area contributed by atoms with Crippen molar-refractivity contribution in [2.24, 2.45) is 0 Å². The zero-order chi connectivity index (χ0) is 24.1. The highest BCUT2D eigenvalue weighted by Crippen LogP contribution is 2.26. The van der Waals surface area contributed by atoms with Gasteiger partial charge in [0.15, 0.2) is 0 Å². The second kappa shape index (κ2) is 9.84. The SMILES string of the molecule is O=C(Nc1c(F)cccc1F)c1ccc(CN(c2ccccc2)S(=O)(=O)c2ccccc2)cc1. The van der Waals surface area contributed by atoms with Crippen molar-refractivity contribution in [2.45, 2.75) is 11.4 Å². The van der Waals surface area contributed by atoms with Crippen LogP contribution in [0.4, 0.5) is 20.2 Å². The molecule has 5 nitrogen and oxygen atoms in total. The van der Waals surface area contributed by atoms with Gasteiger partial charge in [0.05, 0.1) is 17.1 Å². The van der Waals surface area contributed by atoms with Crippen molar-refractivity contribution in [3.63, 3.8) is 0 Å². The monoisotopic (exact) mass is 478 g/mol. The van der Waals surface area contributed by atoms with Gasteiger partial charge in [0.1, 0.15) is 17.3 Å². The van der Waals surface area contributed by atoms with Crippen LogP contribution >= 0.6 is 0 Å². The maximum Gasteiger partial charge on any atom is 0.264 e. The Bertz CT molecular complexity index is 1380. The number of carbonyl (C=O) groups excluding carboxylic acids is 1. The van der Waals surface area contributed by atoms with Gasteiger partial charge in [-0.25, -0.2) is 17.2 Å². The van der Waals surface area contributed by atoms with E-state index >= 15 is 0 Å². The molecule has 34 heavy (non-hydrogen) atoms. The third kappa shape index (κ3) is 4.97. The van der Waals surface area contributed by atoms with E-state index in [-0.39, 0.29) is 17.0 Å². The van der Waals surface area contributed by atoms with E-state index in [9.17, 15) is 22.0 Å². The third-order valence-electron chi connectivity index (χ3n) is 5.12. The Balaban J connectivity index is 1.59. The quantitative estimate of drug-likeness (QED) is 0.375. The van der Waals surface area contributed by atoms with E-state index in [1.807, 2.05) is 0 Å². The maximum atomic E-state index is 13.8. The standard InChI is InChI=1S/C26H20F2N2O3S/c27-23-12-7-13-24(28)25(23)29-26(31)20-16-14-19(15-17-20)18-30(21-8-3-1-4-9-21)34(32,33)22-10-5-2-6-11-22/h1-17H,18H2,(H,29,31). The zero-order valence-corrected chi connectivity index (χ0v) is 18.7. The molecule has 0 aromatic heterocycles. The lowest BCUT2D eigenvalue weighted by Crippen LogP contribution is -2.30. The molecule has 0 aliphatic heterocycles. The van der Waals surface area contributed by atoms with Crippen LogP contribution in [0.3, 0.4) is 0 Å². The largest absolute Gasteiger partial charge is 0.317 e. The van der Waals surface area contributed by atoms with Gasteiger partial charge in [-0.2, -0.15) is 0 Å². The molecule has 0 radical (unpaired) electrons. The number of hydrogen-bond acceptors (Lipinski definition) is 3. The van der Waals surface area contributed by atoms with Gasteiger partial charge >= 0.3 is 0 Å². The lowest BCUT2D eigenvalue weighted by atomic mass is 10.1. The highest BCUT2D eigenvalue weighted by Gasteiger charge is 2.25. The zero-order valence-electron chi connectivity index (χ0n) is 17.9. The van der Waals surface area contributed by atoms with E-state index in [2.05, 4.69) is 5.32 Å². The van der Waals surface area contributed by atoms with Crippen molar-refractivity contribution in [3.8, 4) is 0 Å². The summed E-state index contributed by atoms with van der Waals surface area (Å²) in [5.41, 5.74) is 0.754. The molecule has 4 aromatic carbocycles. The minimum atomic E-state index is -3.86. The lowest BCUT2D eigenvalue weighted by Gasteiger charge is -2.25. The average molecular weight is 479 g/mol. The second-order valence-corrected chi connectivity index (χ2v) is 9.27. The number of sulfonamides is 1. The van der Waals surface area contributed by atoms with E-state index in [1.165, 1.54) is 34.6 Å². The lowest BCUT2D eigenvalue weighted by molar-refractivity contribution is 0.102. The van der Waals surface area contributed by atoms with Crippen LogP contribution < -0.4 is 9.62 Å². The van der Waals surface area contributed by atoms with Crippen molar-refractivity contribution in [1.29, 1.82) is 0 Å². The Labute approximate surface area is 196 Å². The number of para-hydroxylation sites is 2. The van der Waals surface area contributed by atoms with E-state index in [0.29, 0.717) is 11.3 Å². The van der Waals surface area contributed by atoms with Crippen molar-refractivity contribution < 1.29 is 22.0 Å². The number of anilines is 2. The first-order valence-corrected chi connectivity index (χ1v) is 11.8. The average Bonchev–Trinajstić information content (AvgIpc) is 2.86. The third-order valence-corrected chi connectivity index (χ3v) is 6.91. The smallest absolute Gasteiger partial charge is 0.264 e. The predicted molar refractivity (Wildman–Crippen MR) is 127 cm³/mol. The van der Waals surface area contributed by atoms with Gasteiger partial charge in [0.2, 0.25) is 0 Å². The summed E-state index contributed by atoms with van der Waals surface area (Å²) in [5, 5.41) is 2.23. The first kappa shape index (κ1) is 23.1. The van der Waals surface area contributed by atoms with Crippen LogP contribution in [0.1, 0.15) is 15.9 Å². The molecule has 0 fully saturated rings. The summed E-state index contributed by atoms with van der Waals surface area (Å²) in [7, 11) is -3.86. The molecule has 0 unspecified atom stereocenters. The molecule has 0 saturated heterocycles. The summed E-state index contributed by atoms with van der Waals surface area (Å²) in [4.78, 5) is 12.6. The molecule has 0 aliphatic carbocycles. The van der Waals surface area contributed by atoms with Crippen molar-refractivity contribution in [2.75, 3.05) is 9.62 Å². The Morgan fingerprint density at radius 2 is 1.29 bits per heavy atom. The van der Waals surface area contributed by atoms with E-state index < -0.39 is 33.3 Å². The minimum absolute atomic E-state index is 0.0189. The van der Waals surface area contributed by atoms with E-state index in [1.54, 1.807) is 60.7 Å². The number of nitrogens with one attached hydrogen (secondary N) is 1. The molecule has 0 bridgehead atoms.